The van der Waals surface area contributed by atoms with E-state index in [-0.39, 0.29) is 36.6 Å². The lowest BCUT2D eigenvalue weighted by Gasteiger charge is -2.30. The maximum absolute atomic E-state index is 12.9. The van der Waals surface area contributed by atoms with Crippen LogP contribution in [0.5, 0.6) is 0 Å². The predicted molar refractivity (Wildman–Crippen MR) is 116 cm³/mol. The normalized spacial score (nSPS) is 22.0. The van der Waals surface area contributed by atoms with Crippen molar-refractivity contribution in [2.45, 2.75) is 12.8 Å². The van der Waals surface area contributed by atoms with E-state index < -0.39 is 0 Å². The molecular formula is C21H27Cl2N3O2. The molecule has 0 bridgehead atoms. The summed E-state index contributed by atoms with van der Waals surface area (Å²) in [4.78, 5) is 17.1. The van der Waals surface area contributed by atoms with Crippen molar-refractivity contribution in [2.75, 3.05) is 31.6 Å². The molecule has 5 nitrogen and oxygen atoms in total. The quantitative estimate of drug-likeness (QED) is 0.784. The van der Waals surface area contributed by atoms with Crippen LogP contribution in [-0.4, -0.2) is 37.2 Å². The van der Waals surface area contributed by atoms with Gasteiger partial charge in [-0.15, -0.1) is 24.8 Å². The fraction of sp³-hybridized carbons (Fsp3) is 0.429. The Balaban J connectivity index is 0.00000140. The van der Waals surface area contributed by atoms with Gasteiger partial charge in [0.05, 0.1) is 5.92 Å². The second kappa shape index (κ2) is 10.8. The largest absolute Gasteiger partial charge is 0.381 e. The molecule has 2 saturated heterocycles. The van der Waals surface area contributed by atoms with Gasteiger partial charge in [-0.05, 0) is 55.0 Å². The van der Waals surface area contributed by atoms with Gasteiger partial charge in [-0.3, -0.25) is 9.78 Å². The van der Waals surface area contributed by atoms with Gasteiger partial charge in [-0.25, -0.2) is 0 Å². The van der Waals surface area contributed by atoms with Crippen molar-refractivity contribution in [3.05, 3.63) is 48.8 Å². The van der Waals surface area contributed by atoms with E-state index in [2.05, 4.69) is 15.6 Å². The lowest BCUT2D eigenvalue weighted by Crippen LogP contribution is -2.34. The van der Waals surface area contributed by atoms with Crippen molar-refractivity contribution in [3.8, 4) is 11.1 Å². The third kappa shape index (κ3) is 5.23. The van der Waals surface area contributed by atoms with E-state index in [9.17, 15) is 4.79 Å². The number of hydrogen-bond acceptors (Lipinski definition) is 4. The molecule has 0 spiro atoms. The Kier molecular flexibility index (Phi) is 8.70. The standard InChI is InChI=1S/C21H25N3O2.2ClH/c25-21(20-14-23-13-19(20)15-6-9-26-10-7-15)24-18-5-1-3-16(11-18)17-4-2-8-22-12-17;;/h1-5,8,11-12,15,19-20,23H,6-7,9-10,13-14H2,(H,24,25);2*1H. The maximum Gasteiger partial charge on any atom is 0.229 e. The molecule has 2 fully saturated rings. The summed E-state index contributed by atoms with van der Waals surface area (Å²) in [6.45, 7) is 3.33. The Hall–Kier alpha value is -1.66. The zero-order chi connectivity index (χ0) is 17.8. The highest BCUT2D eigenvalue weighted by Crippen LogP contribution is 2.33. The highest BCUT2D eigenvalue weighted by molar-refractivity contribution is 5.93. The molecule has 152 valence electrons. The van der Waals surface area contributed by atoms with Crippen LogP contribution in [0.1, 0.15) is 12.8 Å². The molecule has 2 aliphatic rings. The Morgan fingerprint density at radius 1 is 1.07 bits per heavy atom. The SMILES string of the molecule is Cl.Cl.O=C(Nc1cccc(-c2cccnc2)c1)C1CNCC1C1CCOCC1. The summed E-state index contributed by atoms with van der Waals surface area (Å²) in [5.41, 5.74) is 2.95. The van der Waals surface area contributed by atoms with Gasteiger partial charge in [0.2, 0.25) is 5.91 Å². The maximum atomic E-state index is 12.9. The number of benzene rings is 1. The molecule has 0 aliphatic carbocycles. The third-order valence-corrected chi connectivity index (χ3v) is 5.59. The smallest absolute Gasteiger partial charge is 0.229 e. The molecule has 2 unspecified atom stereocenters. The van der Waals surface area contributed by atoms with Crippen molar-refractivity contribution in [2.24, 2.45) is 17.8 Å². The van der Waals surface area contributed by atoms with Gasteiger partial charge in [-0.2, -0.15) is 0 Å². The van der Waals surface area contributed by atoms with Crippen LogP contribution in [0, 0.1) is 17.8 Å². The van der Waals surface area contributed by atoms with Crippen LogP contribution in [0.3, 0.4) is 0 Å². The summed E-state index contributed by atoms with van der Waals surface area (Å²) in [6, 6.07) is 11.9. The van der Waals surface area contributed by atoms with Gasteiger partial charge >= 0.3 is 0 Å². The van der Waals surface area contributed by atoms with E-state index >= 15 is 0 Å². The number of carbonyl (C=O) groups excluding carboxylic acids is 1. The van der Waals surface area contributed by atoms with Gasteiger partial charge in [-0.1, -0.05) is 18.2 Å². The second-order valence-corrected chi connectivity index (χ2v) is 7.19. The van der Waals surface area contributed by atoms with E-state index in [1.807, 2.05) is 42.6 Å². The Bertz CT molecular complexity index is 754. The van der Waals surface area contributed by atoms with Crippen LogP contribution < -0.4 is 10.6 Å². The van der Waals surface area contributed by atoms with Crippen molar-refractivity contribution in [1.82, 2.24) is 10.3 Å². The van der Waals surface area contributed by atoms with Crippen molar-refractivity contribution in [1.29, 1.82) is 0 Å². The fourth-order valence-corrected chi connectivity index (χ4v) is 4.17. The van der Waals surface area contributed by atoms with E-state index in [4.69, 9.17) is 4.74 Å². The second-order valence-electron chi connectivity index (χ2n) is 7.19. The van der Waals surface area contributed by atoms with Gasteiger partial charge in [0, 0.05) is 43.4 Å². The molecule has 1 amide bonds. The van der Waals surface area contributed by atoms with Crippen LogP contribution in [0.15, 0.2) is 48.8 Å². The molecule has 1 aromatic carbocycles. The Morgan fingerprint density at radius 3 is 2.61 bits per heavy atom. The molecular weight excluding hydrogens is 397 g/mol. The molecule has 2 aromatic rings. The zero-order valence-electron chi connectivity index (χ0n) is 15.7. The number of halogens is 2. The number of carbonyl (C=O) groups is 1. The summed E-state index contributed by atoms with van der Waals surface area (Å²) < 4.78 is 5.48. The predicted octanol–water partition coefficient (Wildman–Crippen LogP) is 3.79. The Labute approximate surface area is 178 Å². The summed E-state index contributed by atoms with van der Waals surface area (Å²) in [6.07, 6.45) is 5.72. The lowest BCUT2D eigenvalue weighted by molar-refractivity contribution is -0.121. The number of nitrogens with one attached hydrogen (secondary N) is 2. The molecule has 0 saturated carbocycles. The van der Waals surface area contributed by atoms with Crippen LogP contribution in [0.4, 0.5) is 5.69 Å². The number of rotatable bonds is 4. The molecule has 2 aliphatic heterocycles. The first-order chi connectivity index (χ1) is 12.8. The molecule has 28 heavy (non-hydrogen) atoms. The highest BCUT2D eigenvalue weighted by atomic mass is 35.5. The number of aromatic nitrogens is 1. The number of nitrogens with zero attached hydrogens (tertiary/aromatic N) is 1. The summed E-state index contributed by atoms with van der Waals surface area (Å²) in [5.74, 6) is 1.13. The van der Waals surface area contributed by atoms with E-state index in [0.717, 1.165) is 56.0 Å². The molecule has 7 heteroatoms. The average molecular weight is 424 g/mol. The number of pyridine rings is 1. The molecule has 3 heterocycles. The van der Waals surface area contributed by atoms with E-state index in [1.54, 1.807) is 6.20 Å². The van der Waals surface area contributed by atoms with Crippen LogP contribution in [0.25, 0.3) is 11.1 Å². The molecule has 4 rings (SSSR count). The van der Waals surface area contributed by atoms with Crippen molar-refractivity contribution in [3.63, 3.8) is 0 Å². The van der Waals surface area contributed by atoms with Crippen molar-refractivity contribution < 1.29 is 9.53 Å². The summed E-state index contributed by atoms with van der Waals surface area (Å²) in [7, 11) is 0. The fourth-order valence-electron chi connectivity index (χ4n) is 4.17. The zero-order valence-corrected chi connectivity index (χ0v) is 17.3. The third-order valence-electron chi connectivity index (χ3n) is 5.59. The Morgan fingerprint density at radius 2 is 1.86 bits per heavy atom. The van der Waals surface area contributed by atoms with Crippen LogP contribution in [0.2, 0.25) is 0 Å². The summed E-state index contributed by atoms with van der Waals surface area (Å²) >= 11 is 0. The van der Waals surface area contributed by atoms with E-state index in [1.165, 1.54) is 0 Å². The molecule has 2 atom stereocenters. The summed E-state index contributed by atoms with van der Waals surface area (Å²) in [5, 5.41) is 6.55. The topological polar surface area (TPSA) is 63.2 Å². The average Bonchev–Trinajstić information content (AvgIpc) is 3.20. The number of hydrogen-bond donors (Lipinski definition) is 2. The minimum absolute atomic E-state index is 0. The highest BCUT2D eigenvalue weighted by Gasteiger charge is 2.38. The van der Waals surface area contributed by atoms with E-state index in [0.29, 0.717) is 11.8 Å². The number of amides is 1. The number of ether oxygens (including phenoxy) is 1. The first kappa shape index (κ1) is 22.6. The van der Waals surface area contributed by atoms with Crippen LogP contribution in [-0.2, 0) is 9.53 Å². The van der Waals surface area contributed by atoms with Gasteiger partial charge in [0.1, 0.15) is 0 Å². The first-order valence-electron chi connectivity index (χ1n) is 9.41. The van der Waals surface area contributed by atoms with Gasteiger partial charge in [0.25, 0.3) is 0 Å². The molecule has 0 radical (unpaired) electrons. The van der Waals surface area contributed by atoms with Crippen molar-refractivity contribution >= 4 is 36.4 Å². The first-order valence-corrected chi connectivity index (χ1v) is 9.41. The lowest BCUT2D eigenvalue weighted by atomic mass is 9.79. The minimum atomic E-state index is 0. The molecule has 1 aromatic heterocycles. The van der Waals surface area contributed by atoms with Crippen LogP contribution >= 0.6 is 24.8 Å². The molecule has 2 N–H and O–H groups in total. The van der Waals surface area contributed by atoms with Gasteiger partial charge in [0.15, 0.2) is 0 Å². The monoisotopic (exact) mass is 423 g/mol. The minimum Gasteiger partial charge on any atom is -0.381 e. The van der Waals surface area contributed by atoms with Gasteiger partial charge < -0.3 is 15.4 Å². The number of anilines is 1.